The number of hydrazone groups is 1. The van der Waals surface area contributed by atoms with Crippen LogP contribution >= 0.6 is 15.9 Å². The first kappa shape index (κ1) is 14.0. The van der Waals surface area contributed by atoms with Crippen molar-refractivity contribution in [1.29, 1.82) is 0 Å². The third kappa shape index (κ3) is 2.59. The molecule has 1 aromatic carbocycles. The van der Waals surface area contributed by atoms with Gasteiger partial charge in [0, 0.05) is 33.4 Å². The van der Waals surface area contributed by atoms with E-state index in [0.717, 1.165) is 32.2 Å². The minimum Gasteiger partial charge on any atom is -0.434 e. The standard InChI is InChI=1S/C16H12BrN5O/c17-10-3-1-9(2-4-10)14-7-11(15-21-22-16(18)23-15)12-8-19-6-5-13(12)20-14/h1-8,15,21H,(H2,18,22). The molecule has 6 nitrogen and oxygen atoms in total. The molecule has 1 atom stereocenters. The Hall–Kier alpha value is -2.67. The van der Waals surface area contributed by atoms with E-state index in [1.54, 1.807) is 12.4 Å². The lowest BCUT2D eigenvalue weighted by Gasteiger charge is -2.14. The molecular formula is C16H12BrN5O. The molecule has 0 fully saturated rings. The third-order valence-corrected chi connectivity index (χ3v) is 4.12. The number of nitrogens with one attached hydrogen (secondary N) is 1. The number of aromatic nitrogens is 2. The first-order chi connectivity index (χ1) is 11.2. The van der Waals surface area contributed by atoms with Crippen LogP contribution in [0, 0.1) is 0 Å². The molecule has 1 aliphatic rings. The number of nitrogens with zero attached hydrogens (tertiary/aromatic N) is 3. The molecule has 0 bridgehead atoms. The number of halogens is 1. The van der Waals surface area contributed by atoms with Gasteiger partial charge in [0.25, 0.3) is 0 Å². The molecule has 3 aromatic rings. The summed E-state index contributed by atoms with van der Waals surface area (Å²) in [5, 5.41) is 4.79. The largest absolute Gasteiger partial charge is 0.434 e. The Labute approximate surface area is 140 Å². The number of amidine groups is 1. The molecule has 0 saturated heterocycles. The van der Waals surface area contributed by atoms with Crippen LogP contribution in [0.3, 0.4) is 0 Å². The van der Waals surface area contributed by atoms with Crippen LogP contribution in [-0.4, -0.2) is 16.0 Å². The van der Waals surface area contributed by atoms with Crippen molar-refractivity contribution < 1.29 is 4.74 Å². The summed E-state index contributed by atoms with van der Waals surface area (Å²) in [6, 6.07) is 12.0. The number of ether oxygens (including phenoxy) is 1. The normalized spacial score (nSPS) is 16.7. The van der Waals surface area contributed by atoms with Gasteiger partial charge in [-0.1, -0.05) is 28.1 Å². The van der Waals surface area contributed by atoms with E-state index in [1.807, 2.05) is 36.4 Å². The zero-order valence-corrected chi connectivity index (χ0v) is 13.5. The van der Waals surface area contributed by atoms with Crippen molar-refractivity contribution >= 4 is 32.9 Å². The molecule has 114 valence electrons. The van der Waals surface area contributed by atoms with Crippen LogP contribution < -0.4 is 11.2 Å². The van der Waals surface area contributed by atoms with Crippen molar-refractivity contribution in [3.8, 4) is 11.3 Å². The topological polar surface area (TPSA) is 85.4 Å². The Morgan fingerprint density at radius 3 is 2.74 bits per heavy atom. The molecule has 0 radical (unpaired) electrons. The molecule has 3 heterocycles. The summed E-state index contributed by atoms with van der Waals surface area (Å²) in [5.41, 5.74) is 12.1. The number of hydrogen-bond acceptors (Lipinski definition) is 6. The summed E-state index contributed by atoms with van der Waals surface area (Å²) in [5.74, 6) is 0. The van der Waals surface area contributed by atoms with Crippen molar-refractivity contribution in [2.45, 2.75) is 6.23 Å². The minimum absolute atomic E-state index is 0.119. The highest BCUT2D eigenvalue weighted by Gasteiger charge is 2.22. The van der Waals surface area contributed by atoms with Crippen LogP contribution in [0.5, 0.6) is 0 Å². The molecular weight excluding hydrogens is 358 g/mol. The second-order valence-corrected chi connectivity index (χ2v) is 5.99. The molecule has 23 heavy (non-hydrogen) atoms. The predicted octanol–water partition coefficient (Wildman–Crippen LogP) is 2.91. The lowest BCUT2D eigenvalue weighted by atomic mass is 10.0. The van der Waals surface area contributed by atoms with E-state index < -0.39 is 6.23 Å². The van der Waals surface area contributed by atoms with E-state index in [9.17, 15) is 0 Å². The Morgan fingerprint density at radius 2 is 2.00 bits per heavy atom. The van der Waals surface area contributed by atoms with Crippen molar-refractivity contribution in [3.63, 3.8) is 0 Å². The average Bonchev–Trinajstić information content (AvgIpc) is 3.01. The highest BCUT2D eigenvalue weighted by atomic mass is 79.9. The Balaban J connectivity index is 1.88. The lowest BCUT2D eigenvalue weighted by Crippen LogP contribution is -2.16. The first-order valence-electron chi connectivity index (χ1n) is 6.97. The van der Waals surface area contributed by atoms with E-state index in [0.29, 0.717) is 0 Å². The Bertz CT molecular complexity index is 910. The van der Waals surface area contributed by atoms with Gasteiger partial charge in [0.05, 0.1) is 11.2 Å². The Morgan fingerprint density at radius 1 is 1.17 bits per heavy atom. The summed E-state index contributed by atoms with van der Waals surface area (Å²) in [6.07, 6.45) is 3.04. The quantitative estimate of drug-likeness (QED) is 0.725. The first-order valence-corrected chi connectivity index (χ1v) is 7.76. The summed E-state index contributed by atoms with van der Waals surface area (Å²) in [6.45, 7) is 0. The summed E-state index contributed by atoms with van der Waals surface area (Å²) >= 11 is 3.44. The van der Waals surface area contributed by atoms with E-state index in [4.69, 9.17) is 15.5 Å². The highest BCUT2D eigenvalue weighted by Crippen LogP contribution is 2.30. The fourth-order valence-electron chi connectivity index (χ4n) is 2.51. The van der Waals surface area contributed by atoms with E-state index in [2.05, 4.69) is 31.4 Å². The smallest absolute Gasteiger partial charge is 0.306 e. The van der Waals surface area contributed by atoms with Gasteiger partial charge in [-0.25, -0.2) is 4.98 Å². The van der Waals surface area contributed by atoms with Gasteiger partial charge in [-0.3, -0.25) is 10.4 Å². The van der Waals surface area contributed by atoms with Crippen LogP contribution in [0.1, 0.15) is 11.8 Å². The van der Waals surface area contributed by atoms with E-state index in [-0.39, 0.29) is 6.02 Å². The van der Waals surface area contributed by atoms with Gasteiger partial charge in [-0.15, -0.1) is 5.10 Å². The maximum absolute atomic E-state index is 5.60. The number of benzene rings is 1. The van der Waals surface area contributed by atoms with Crippen LogP contribution in [0.2, 0.25) is 0 Å². The summed E-state index contributed by atoms with van der Waals surface area (Å²) in [7, 11) is 0. The summed E-state index contributed by atoms with van der Waals surface area (Å²) < 4.78 is 6.54. The molecule has 0 saturated carbocycles. The number of hydrogen-bond donors (Lipinski definition) is 2. The molecule has 3 N–H and O–H groups in total. The average molecular weight is 370 g/mol. The molecule has 0 amide bonds. The van der Waals surface area contributed by atoms with Gasteiger partial charge < -0.3 is 10.5 Å². The van der Waals surface area contributed by atoms with Crippen molar-refractivity contribution in [2.75, 3.05) is 0 Å². The zero-order chi connectivity index (χ0) is 15.8. The van der Waals surface area contributed by atoms with Crippen molar-refractivity contribution in [3.05, 3.63) is 58.8 Å². The van der Waals surface area contributed by atoms with Gasteiger partial charge in [-0.2, -0.15) is 0 Å². The molecule has 0 aliphatic carbocycles. The number of nitrogens with two attached hydrogens (primary N) is 1. The molecule has 1 aliphatic heterocycles. The summed E-state index contributed by atoms with van der Waals surface area (Å²) in [4.78, 5) is 8.90. The number of rotatable bonds is 2. The van der Waals surface area contributed by atoms with Crippen molar-refractivity contribution in [2.24, 2.45) is 10.8 Å². The third-order valence-electron chi connectivity index (χ3n) is 3.60. The van der Waals surface area contributed by atoms with Gasteiger partial charge in [0.2, 0.25) is 6.23 Å². The molecule has 1 unspecified atom stereocenters. The fraction of sp³-hybridized carbons (Fsp3) is 0.0625. The van der Waals surface area contributed by atoms with Gasteiger partial charge >= 0.3 is 6.02 Å². The second-order valence-electron chi connectivity index (χ2n) is 5.07. The Kier molecular flexibility index (Phi) is 3.34. The zero-order valence-electron chi connectivity index (χ0n) is 11.9. The van der Waals surface area contributed by atoms with Crippen LogP contribution in [0.4, 0.5) is 0 Å². The van der Waals surface area contributed by atoms with Crippen LogP contribution in [-0.2, 0) is 4.74 Å². The minimum atomic E-state index is -0.445. The second kappa shape index (κ2) is 5.51. The monoisotopic (exact) mass is 369 g/mol. The highest BCUT2D eigenvalue weighted by molar-refractivity contribution is 9.10. The van der Waals surface area contributed by atoms with E-state index in [1.165, 1.54) is 0 Å². The maximum Gasteiger partial charge on any atom is 0.306 e. The van der Waals surface area contributed by atoms with Crippen LogP contribution in [0.15, 0.2) is 58.4 Å². The molecule has 7 heteroatoms. The molecule has 2 aromatic heterocycles. The fourth-order valence-corrected chi connectivity index (χ4v) is 2.77. The van der Waals surface area contributed by atoms with Gasteiger partial charge in [-0.05, 0) is 24.3 Å². The SMILES string of the molecule is NC1=NNC(c2cc(-c3ccc(Br)cc3)nc3ccncc23)O1. The lowest BCUT2D eigenvalue weighted by molar-refractivity contribution is 0.190. The number of fused-ring (bicyclic) bond motifs is 1. The molecule has 0 spiro atoms. The van der Waals surface area contributed by atoms with Crippen LogP contribution in [0.25, 0.3) is 22.2 Å². The van der Waals surface area contributed by atoms with Gasteiger partial charge in [0.1, 0.15) is 0 Å². The predicted molar refractivity (Wildman–Crippen MR) is 91.3 cm³/mol. The number of pyridine rings is 2. The molecule has 4 rings (SSSR count). The van der Waals surface area contributed by atoms with Gasteiger partial charge in [0.15, 0.2) is 0 Å². The van der Waals surface area contributed by atoms with E-state index >= 15 is 0 Å². The van der Waals surface area contributed by atoms with Crippen molar-refractivity contribution in [1.82, 2.24) is 15.4 Å². The maximum atomic E-state index is 5.60.